The van der Waals surface area contributed by atoms with Gasteiger partial charge in [-0.1, -0.05) is 19.1 Å². The van der Waals surface area contributed by atoms with Crippen molar-refractivity contribution in [3.8, 4) is 0 Å². The zero-order chi connectivity index (χ0) is 21.8. The molecule has 1 heterocycles. The number of hydrogen-bond donors (Lipinski definition) is 1. The smallest absolute Gasteiger partial charge is 0.337 e. The normalized spacial score (nSPS) is 11.8. The molecule has 3 rings (SSSR count). The minimum atomic E-state index is -0.524. The zero-order valence-corrected chi connectivity index (χ0v) is 17.0. The molecule has 0 spiro atoms. The Labute approximate surface area is 172 Å². The number of aromatic nitrogens is 2. The van der Waals surface area contributed by atoms with Crippen molar-refractivity contribution in [1.29, 1.82) is 0 Å². The number of para-hydroxylation sites is 1. The minimum Gasteiger partial charge on any atom is -0.465 e. The molecule has 1 N–H and O–H groups in total. The van der Waals surface area contributed by atoms with Crippen LogP contribution in [0.15, 0.2) is 58.1 Å². The second-order valence-corrected chi connectivity index (χ2v) is 6.94. The van der Waals surface area contributed by atoms with Crippen LogP contribution in [-0.2, 0) is 16.1 Å². The van der Waals surface area contributed by atoms with E-state index in [1.165, 1.54) is 28.4 Å². The van der Waals surface area contributed by atoms with Gasteiger partial charge < -0.3 is 10.1 Å². The summed E-state index contributed by atoms with van der Waals surface area (Å²) in [5.74, 6) is -0.902. The number of anilines is 1. The number of hydrogen-bond acceptors (Lipinski definition) is 5. The first-order valence-electron chi connectivity index (χ1n) is 9.59. The van der Waals surface area contributed by atoms with Crippen LogP contribution in [0.5, 0.6) is 0 Å². The number of amides is 1. The predicted octanol–water partition coefficient (Wildman–Crippen LogP) is 2.56. The van der Waals surface area contributed by atoms with Crippen LogP contribution < -0.4 is 16.6 Å². The lowest BCUT2D eigenvalue weighted by Gasteiger charge is -2.17. The average molecular weight is 409 g/mol. The third kappa shape index (κ3) is 4.03. The van der Waals surface area contributed by atoms with Gasteiger partial charge in [-0.25, -0.2) is 9.59 Å². The largest absolute Gasteiger partial charge is 0.465 e. The molecule has 1 atom stereocenters. The van der Waals surface area contributed by atoms with Crippen LogP contribution in [0.25, 0.3) is 10.9 Å². The first kappa shape index (κ1) is 21.0. The molecule has 0 unspecified atom stereocenters. The van der Waals surface area contributed by atoms with Gasteiger partial charge in [-0.2, -0.15) is 0 Å². The molecule has 0 saturated carbocycles. The van der Waals surface area contributed by atoms with E-state index >= 15 is 0 Å². The lowest BCUT2D eigenvalue weighted by Crippen LogP contribution is -2.43. The summed E-state index contributed by atoms with van der Waals surface area (Å²) in [6.07, 6.45) is 0.603. The van der Waals surface area contributed by atoms with Gasteiger partial charge in [-0.15, -0.1) is 0 Å². The third-order valence-corrected chi connectivity index (χ3v) is 5.00. The first-order valence-corrected chi connectivity index (χ1v) is 9.59. The van der Waals surface area contributed by atoms with E-state index in [1.54, 1.807) is 43.3 Å². The third-order valence-electron chi connectivity index (χ3n) is 5.00. The molecule has 0 saturated heterocycles. The molecule has 0 aliphatic rings. The molecule has 0 fully saturated rings. The molecule has 0 aliphatic carbocycles. The monoisotopic (exact) mass is 409 g/mol. The Hall–Kier alpha value is -3.68. The molecule has 30 heavy (non-hydrogen) atoms. The summed E-state index contributed by atoms with van der Waals surface area (Å²) in [4.78, 5) is 50.0. The van der Waals surface area contributed by atoms with Gasteiger partial charge in [0.25, 0.3) is 5.56 Å². The molecule has 156 valence electrons. The number of carbonyl (C=O) groups excluding carboxylic acids is 2. The van der Waals surface area contributed by atoms with Gasteiger partial charge in [-0.05, 0) is 49.7 Å². The van der Waals surface area contributed by atoms with Gasteiger partial charge in [0.1, 0.15) is 6.54 Å². The van der Waals surface area contributed by atoms with Crippen LogP contribution in [0.1, 0.15) is 36.7 Å². The number of esters is 1. The van der Waals surface area contributed by atoms with Crippen LogP contribution in [0.2, 0.25) is 0 Å². The highest BCUT2D eigenvalue weighted by Gasteiger charge is 2.18. The molecule has 8 nitrogen and oxygen atoms in total. The van der Waals surface area contributed by atoms with E-state index in [2.05, 4.69) is 10.1 Å². The van der Waals surface area contributed by atoms with Crippen molar-refractivity contribution in [2.75, 3.05) is 12.4 Å². The van der Waals surface area contributed by atoms with E-state index in [9.17, 15) is 19.2 Å². The van der Waals surface area contributed by atoms with Crippen molar-refractivity contribution in [3.63, 3.8) is 0 Å². The molecule has 1 aromatic heterocycles. The molecular weight excluding hydrogens is 386 g/mol. The molecule has 0 bridgehead atoms. The number of rotatable bonds is 6. The van der Waals surface area contributed by atoms with Crippen LogP contribution in [0.4, 0.5) is 5.69 Å². The van der Waals surface area contributed by atoms with E-state index in [4.69, 9.17) is 0 Å². The van der Waals surface area contributed by atoms with E-state index in [-0.39, 0.29) is 18.1 Å². The second-order valence-electron chi connectivity index (χ2n) is 6.94. The van der Waals surface area contributed by atoms with E-state index in [1.807, 2.05) is 6.92 Å². The van der Waals surface area contributed by atoms with Crippen LogP contribution in [-0.4, -0.2) is 28.1 Å². The summed E-state index contributed by atoms with van der Waals surface area (Å²) >= 11 is 0. The highest BCUT2D eigenvalue weighted by atomic mass is 16.5. The van der Waals surface area contributed by atoms with Crippen LogP contribution in [0, 0.1) is 0 Å². The molecule has 2 aromatic carbocycles. The highest BCUT2D eigenvalue weighted by Crippen LogP contribution is 2.13. The summed E-state index contributed by atoms with van der Waals surface area (Å²) in [7, 11) is 1.29. The average Bonchev–Trinajstić information content (AvgIpc) is 2.76. The number of nitrogens with one attached hydrogen (secondary N) is 1. The van der Waals surface area contributed by atoms with Crippen molar-refractivity contribution in [2.45, 2.75) is 32.9 Å². The lowest BCUT2D eigenvalue weighted by molar-refractivity contribution is -0.116. The molecule has 0 aliphatic heterocycles. The summed E-state index contributed by atoms with van der Waals surface area (Å²) < 4.78 is 7.15. The van der Waals surface area contributed by atoms with Gasteiger partial charge in [-0.3, -0.25) is 18.7 Å². The maximum absolute atomic E-state index is 13.0. The molecule has 8 heteroatoms. The van der Waals surface area contributed by atoms with Crippen LogP contribution in [0.3, 0.4) is 0 Å². The second kappa shape index (κ2) is 8.77. The number of benzene rings is 2. The molecular formula is C22H23N3O5. The predicted molar refractivity (Wildman–Crippen MR) is 114 cm³/mol. The summed E-state index contributed by atoms with van der Waals surface area (Å²) in [6, 6.07) is 12.7. The minimum absolute atomic E-state index is 0.255. The van der Waals surface area contributed by atoms with Gasteiger partial charge in [0.15, 0.2) is 0 Å². The molecule has 1 amide bonds. The number of nitrogens with zero attached hydrogens (tertiary/aromatic N) is 2. The fraction of sp³-hybridized carbons (Fsp3) is 0.273. The maximum atomic E-state index is 13.0. The quantitative estimate of drug-likeness (QED) is 0.631. The van der Waals surface area contributed by atoms with Crippen molar-refractivity contribution >= 4 is 28.5 Å². The first-order chi connectivity index (χ1) is 14.4. The SMILES string of the molecule is CC[C@@H](C)n1c(=O)c2ccccc2n(CC(=O)Nc2ccc(C(=O)OC)cc2)c1=O. The topological polar surface area (TPSA) is 99.4 Å². The van der Waals surface area contributed by atoms with Crippen molar-refractivity contribution in [3.05, 3.63) is 74.9 Å². The Bertz CT molecular complexity index is 1210. The zero-order valence-electron chi connectivity index (χ0n) is 17.0. The molecule has 0 radical (unpaired) electrons. The van der Waals surface area contributed by atoms with Crippen molar-refractivity contribution < 1.29 is 14.3 Å². The van der Waals surface area contributed by atoms with E-state index < -0.39 is 17.6 Å². The lowest BCUT2D eigenvalue weighted by atomic mass is 10.2. The Kier molecular flexibility index (Phi) is 6.15. The van der Waals surface area contributed by atoms with Gasteiger partial charge in [0.2, 0.25) is 5.91 Å². The van der Waals surface area contributed by atoms with Crippen LogP contribution >= 0.6 is 0 Å². The highest BCUT2D eigenvalue weighted by molar-refractivity contribution is 5.93. The Morgan fingerprint density at radius 2 is 1.73 bits per heavy atom. The Morgan fingerprint density at radius 3 is 2.37 bits per heavy atom. The maximum Gasteiger partial charge on any atom is 0.337 e. The Balaban J connectivity index is 1.95. The Morgan fingerprint density at radius 1 is 1.07 bits per heavy atom. The van der Waals surface area contributed by atoms with E-state index in [0.29, 0.717) is 28.6 Å². The van der Waals surface area contributed by atoms with Gasteiger partial charge in [0, 0.05) is 11.7 Å². The van der Waals surface area contributed by atoms with Crippen molar-refractivity contribution in [1.82, 2.24) is 9.13 Å². The fourth-order valence-corrected chi connectivity index (χ4v) is 3.22. The number of carbonyl (C=O) groups is 2. The number of fused-ring (bicyclic) bond motifs is 1. The summed E-state index contributed by atoms with van der Waals surface area (Å²) in [5, 5.41) is 3.09. The van der Waals surface area contributed by atoms with Gasteiger partial charge in [0.05, 0.1) is 23.6 Å². The van der Waals surface area contributed by atoms with E-state index in [0.717, 1.165) is 0 Å². The summed E-state index contributed by atoms with van der Waals surface area (Å²) in [6.45, 7) is 3.43. The molecule has 3 aromatic rings. The number of methoxy groups -OCH3 is 1. The summed E-state index contributed by atoms with van der Waals surface area (Å²) in [5.41, 5.74) is 0.353. The van der Waals surface area contributed by atoms with Gasteiger partial charge >= 0.3 is 11.7 Å². The standard InChI is InChI=1S/C22H23N3O5/c1-4-14(2)25-20(27)17-7-5-6-8-18(17)24(22(25)29)13-19(26)23-16-11-9-15(10-12-16)21(28)30-3/h5-12,14H,4,13H2,1-3H3,(H,23,26)/t14-/m1/s1. The number of ether oxygens (including phenoxy) is 1. The van der Waals surface area contributed by atoms with Crippen molar-refractivity contribution in [2.24, 2.45) is 0 Å². The fourth-order valence-electron chi connectivity index (χ4n) is 3.22.